The van der Waals surface area contributed by atoms with Crippen molar-refractivity contribution in [1.29, 1.82) is 0 Å². The molecule has 0 spiro atoms. The van der Waals surface area contributed by atoms with Gasteiger partial charge in [0.2, 0.25) is 17.8 Å². The van der Waals surface area contributed by atoms with Crippen LogP contribution in [0, 0.1) is 12.8 Å². The minimum Gasteiger partial charge on any atom is -0.366 e. The Kier molecular flexibility index (Phi) is 4.45. The summed E-state index contributed by atoms with van der Waals surface area (Å²) in [4.78, 5) is 18.5. The molecule has 4 N–H and O–H groups in total. The standard InChI is InChI=1S/C16H22N6O/c1-11-2-4-12(5-3-11)10-18-14(23)13-6-8-22(9-7-13)16-19-15(17)20-21-16/h2-5,13H,6-10H2,1H3,(H,18,23)(H3,17,19,20,21). The van der Waals surface area contributed by atoms with E-state index in [9.17, 15) is 4.79 Å². The van der Waals surface area contributed by atoms with Crippen molar-refractivity contribution in [3.8, 4) is 0 Å². The third-order valence-electron chi connectivity index (χ3n) is 4.24. The highest BCUT2D eigenvalue weighted by Crippen LogP contribution is 2.21. The number of nitrogens with zero attached hydrogens (tertiary/aromatic N) is 3. The lowest BCUT2D eigenvalue weighted by molar-refractivity contribution is -0.125. The molecule has 23 heavy (non-hydrogen) atoms. The first-order valence-corrected chi connectivity index (χ1v) is 7.88. The molecule has 1 fully saturated rings. The molecule has 2 heterocycles. The first-order chi connectivity index (χ1) is 11.1. The summed E-state index contributed by atoms with van der Waals surface area (Å²) in [6.07, 6.45) is 1.61. The summed E-state index contributed by atoms with van der Waals surface area (Å²) in [5, 5.41) is 9.68. The molecule has 2 aromatic rings. The van der Waals surface area contributed by atoms with Crippen LogP contribution in [0.2, 0.25) is 0 Å². The van der Waals surface area contributed by atoms with Gasteiger partial charge in [-0.2, -0.15) is 4.98 Å². The first-order valence-electron chi connectivity index (χ1n) is 7.88. The van der Waals surface area contributed by atoms with Crippen molar-refractivity contribution in [3.05, 3.63) is 35.4 Å². The number of aromatic amines is 1. The quantitative estimate of drug-likeness (QED) is 0.788. The summed E-state index contributed by atoms with van der Waals surface area (Å²) in [6, 6.07) is 8.21. The number of hydrogen-bond donors (Lipinski definition) is 3. The van der Waals surface area contributed by atoms with Crippen LogP contribution in [0.3, 0.4) is 0 Å². The number of piperidine rings is 1. The fourth-order valence-electron chi connectivity index (χ4n) is 2.80. The number of aromatic nitrogens is 3. The average molecular weight is 314 g/mol. The van der Waals surface area contributed by atoms with Crippen LogP contribution in [0.4, 0.5) is 11.9 Å². The van der Waals surface area contributed by atoms with Crippen LogP contribution < -0.4 is 16.0 Å². The normalized spacial score (nSPS) is 15.6. The zero-order valence-corrected chi connectivity index (χ0v) is 13.2. The summed E-state index contributed by atoms with van der Waals surface area (Å²) in [5.41, 5.74) is 7.87. The van der Waals surface area contributed by atoms with Gasteiger partial charge < -0.3 is 16.0 Å². The van der Waals surface area contributed by atoms with Crippen molar-refractivity contribution in [3.63, 3.8) is 0 Å². The van der Waals surface area contributed by atoms with Gasteiger partial charge in [0.25, 0.3) is 0 Å². The Morgan fingerprint density at radius 2 is 2.04 bits per heavy atom. The third-order valence-corrected chi connectivity index (χ3v) is 4.24. The van der Waals surface area contributed by atoms with E-state index in [1.165, 1.54) is 5.56 Å². The van der Waals surface area contributed by atoms with Crippen LogP contribution in [-0.4, -0.2) is 34.2 Å². The highest BCUT2D eigenvalue weighted by atomic mass is 16.1. The smallest absolute Gasteiger partial charge is 0.241 e. The number of aryl methyl sites for hydroxylation is 1. The van der Waals surface area contributed by atoms with E-state index < -0.39 is 0 Å². The highest BCUT2D eigenvalue weighted by molar-refractivity contribution is 5.78. The van der Waals surface area contributed by atoms with Gasteiger partial charge in [-0.3, -0.25) is 4.79 Å². The zero-order valence-electron chi connectivity index (χ0n) is 13.2. The van der Waals surface area contributed by atoms with Gasteiger partial charge in [0.1, 0.15) is 0 Å². The maximum absolute atomic E-state index is 12.3. The van der Waals surface area contributed by atoms with E-state index in [-0.39, 0.29) is 17.8 Å². The lowest BCUT2D eigenvalue weighted by Gasteiger charge is -2.30. The lowest BCUT2D eigenvalue weighted by Crippen LogP contribution is -2.40. The van der Waals surface area contributed by atoms with Gasteiger partial charge in [0.05, 0.1) is 0 Å². The summed E-state index contributed by atoms with van der Waals surface area (Å²) in [7, 11) is 0. The van der Waals surface area contributed by atoms with Crippen molar-refractivity contribution in [2.45, 2.75) is 26.3 Å². The minimum atomic E-state index is 0.0527. The maximum atomic E-state index is 12.3. The SMILES string of the molecule is Cc1ccc(CNC(=O)C2CCN(c3nc(N)n[nH]3)CC2)cc1. The first kappa shape index (κ1) is 15.3. The number of anilines is 2. The van der Waals surface area contributed by atoms with Gasteiger partial charge in [-0.25, -0.2) is 5.10 Å². The summed E-state index contributed by atoms with van der Waals surface area (Å²) >= 11 is 0. The van der Waals surface area contributed by atoms with Crippen molar-refractivity contribution in [2.75, 3.05) is 23.7 Å². The Labute approximate surface area is 135 Å². The molecule has 1 aromatic carbocycles. The Balaban J connectivity index is 1.47. The van der Waals surface area contributed by atoms with Gasteiger partial charge in [-0.15, -0.1) is 5.10 Å². The zero-order chi connectivity index (χ0) is 16.2. The molecule has 1 amide bonds. The van der Waals surface area contributed by atoms with Crippen LogP contribution in [0.1, 0.15) is 24.0 Å². The van der Waals surface area contributed by atoms with Crippen molar-refractivity contribution in [2.24, 2.45) is 5.92 Å². The van der Waals surface area contributed by atoms with E-state index >= 15 is 0 Å². The molecule has 122 valence electrons. The molecule has 0 saturated carbocycles. The molecule has 1 saturated heterocycles. The van der Waals surface area contributed by atoms with Crippen LogP contribution in [0.15, 0.2) is 24.3 Å². The molecule has 1 aliphatic rings. The van der Waals surface area contributed by atoms with Gasteiger partial charge in [0, 0.05) is 25.6 Å². The Hall–Kier alpha value is -2.57. The number of hydrogen-bond acceptors (Lipinski definition) is 5. The highest BCUT2D eigenvalue weighted by Gasteiger charge is 2.26. The predicted molar refractivity (Wildman–Crippen MR) is 88.8 cm³/mol. The van der Waals surface area contributed by atoms with E-state index in [2.05, 4.69) is 44.5 Å². The molecular weight excluding hydrogens is 292 g/mol. The van der Waals surface area contributed by atoms with Crippen molar-refractivity contribution < 1.29 is 4.79 Å². The van der Waals surface area contributed by atoms with Gasteiger partial charge >= 0.3 is 0 Å². The summed E-state index contributed by atoms with van der Waals surface area (Å²) in [6.45, 7) is 4.19. The number of nitrogen functional groups attached to an aromatic ring is 1. The van der Waals surface area contributed by atoms with Crippen LogP contribution in [0.5, 0.6) is 0 Å². The largest absolute Gasteiger partial charge is 0.366 e. The van der Waals surface area contributed by atoms with Crippen molar-refractivity contribution in [1.82, 2.24) is 20.5 Å². The Morgan fingerprint density at radius 1 is 1.35 bits per heavy atom. The fraction of sp³-hybridized carbons (Fsp3) is 0.438. The third kappa shape index (κ3) is 3.80. The van der Waals surface area contributed by atoms with Crippen LogP contribution >= 0.6 is 0 Å². The second kappa shape index (κ2) is 6.68. The molecule has 7 heteroatoms. The second-order valence-electron chi connectivity index (χ2n) is 5.98. The summed E-state index contributed by atoms with van der Waals surface area (Å²) < 4.78 is 0. The Bertz CT molecular complexity index is 657. The van der Waals surface area contributed by atoms with Gasteiger partial charge in [-0.05, 0) is 25.3 Å². The number of benzene rings is 1. The van der Waals surface area contributed by atoms with Gasteiger partial charge in [-0.1, -0.05) is 29.8 Å². The fourth-order valence-corrected chi connectivity index (χ4v) is 2.80. The number of carbonyl (C=O) groups excluding carboxylic acids is 1. The molecule has 0 atom stereocenters. The predicted octanol–water partition coefficient (Wildman–Crippen LogP) is 1.23. The number of H-pyrrole nitrogens is 1. The second-order valence-corrected chi connectivity index (χ2v) is 5.98. The number of amides is 1. The molecule has 7 nitrogen and oxygen atoms in total. The molecule has 0 radical (unpaired) electrons. The number of nitrogens with two attached hydrogens (primary N) is 1. The van der Waals surface area contributed by atoms with E-state index in [0.717, 1.165) is 31.5 Å². The monoisotopic (exact) mass is 314 g/mol. The minimum absolute atomic E-state index is 0.0527. The lowest BCUT2D eigenvalue weighted by atomic mass is 9.96. The molecule has 1 aromatic heterocycles. The van der Waals surface area contributed by atoms with E-state index in [0.29, 0.717) is 12.5 Å². The van der Waals surface area contributed by atoms with E-state index in [1.807, 2.05) is 12.1 Å². The molecule has 0 aliphatic carbocycles. The molecule has 0 unspecified atom stereocenters. The topological polar surface area (TPSA) is 99.9 Å². The number of carbonyl (C=O) groups is 1. The number of rotatable bonds is 4. The average Bonchev–Trinajstić information content (AvgIpc) is 3.01. The summed E-state index contributed by atoms with van der Waals surface area (Å²) in [5.74, 6) is 1.11. The Morgan fingerprint density at radius 3 is 2.65 bits per heavy atom. The van der Waals surface area contributed by atoms with E-state index in [1.54, 1.807) is 0 Å². The molecule has 1 aliphatic heterocycles. The molecule has 3 rings (SSSR count). The maximum Gasteiger partial charge on any atom is 0.241 e. The van der Waals surface area contributed by atoms with E-state index in [4.69, 9.17) is 5.73 Å². The molecular formula is C16H22N6O. The van der Waals surface area contributed by atoms with Crippen molar-refractivity contribution >= 4 is 17.8 Å². The number of nitrogens with one attached hydrogen (secondary N) is 2. The van der Waals surface area contributed by atoms with Crippen LogP contribution in [-0.2, 0) is 11.3 Å². The van der Waals surface area contributed by atoms with Crippen LogP contribution in [0.25, 0.3) is 0 Å². The molecule has 0 bridgehead atoms. The van der Waals surface area contributed by atoms with Gasteiger partial charge in [0.15, 0.2) is 0 Å².